The fourth-order valence-electron chi connectivity index (χ4n) is 3.73. The van der Waals surface area contributed by atoms with E-state index in [0.29, 0.717) is 43.1 Å². The fraction of sp³-hybridized carbons (Fsp3) is 0.688. The summed E-state index contributed by atoms with van der Waals surface area (Å²) in [6.07, 6.45) is 1.16. The third-order valence-electron chi connectivity index (χ3n) is 5.37. The Morgan fingerprint density at radius 2 is 2.30 bits per heavy atom. The number of amides is 2. The first-order valence-electron chi connectivity index (χ1n) is 8.20. The van der Waals surface area contributed by atoms with Crippen LogP contribution in [0.25, 0.3) is 0 Å². The van der Waals surface area contributed by atoms with Crippen LogP contribution in [-0.4, -0.2) is 54.0 Å². The van der Waals surface area contributed by atoms with Crippen LogP contribution in [0.2, 0.25) is 0 Å². The first kappa shape index (κ1) is 15.1. The first-order valence-corrected chi connectivity index (χ1v) is 9.14. The van der Waals surface area contributed by atoms with E-state index in [9.17, 15) is 9.59 Å². The fourth-order valence-corrected chi connectivity index (χ4v) is 4.26. The molecule has 6 nitrogen and oxygen atoms in total. The van der Waals surface area contributed by atoms with Gasteiger partial charge in [0.15, 0.2) is 0 Å². The van der Waals surface area contributed by atoms with Crippen molar-refractivity contribution in [3.8, 4) is 0 Å². The molecule has 0 spiro atoms. The summed E-state index contributed by atoms with van der Waals surface area (Å²) in [5.74, 6) is 1.54. The van der Waals surface area contributed by atoms with E-state index in [1.807, 2.05) is 4.90 Å². The molecule has 2 amide bonds. The quantitative estimate of drug-likeness (QED) is 0.891. The van der Waals surface area contributed by atoms with Gasteiger partial charge in [-0.25, -0.2) is 4.98 Å². The summed E-state index contributed by atoms with van der Waals surface area (Å²) in [6, 6.07) is 0. The number of rotatable bonds is 4. The number of nitrogens with zero attached hydrogens (tertiary/aromatic N) is 2. The van der Waals surface area contributed by atoms with Crippen molar-refractivity contribution in [2.45, 2.75) is 19.4 Å². The van der Waals surface area contributed by atoms with E-state index in [1.165, 1.54) is 11.3 Å². The summed E-state index contributed by atoms with van der Waals surface area (Å²) in [6.45, 7) is 4.86. The minimum Gasteiger partial charge on any atom is -0.376 e. The van der Waals surface area contributed by atoms with Gasteiger partial charge in [0, 0.05) is 42.8 Å². The van der Waals surface area contributed by atoms with Gasteiger partial charge in [-0.3, -0.25) is 9.59 Å². The number of aromatic nitrogens is 1. The second-order valence-electron chi connectivity index (χ2n) is 6.94. The predicted molar refractivity (Wildman–Crippen MR) is 85.0 cm³/mol. The van der Waals surface area contributed by atoms with Crippen molar-refractivity contribution in [3.63, 3.8) is 0 Å². The Kier molecular flexibility index (Phi) is 3.85. The van der Waals surface area contributed by atoms with Crippen molar-refractivity contribution in [1.29, 1.82) is 0 Å². The van der Waals surface area contributed by atoms with Crippen LogP contribution >= 0.6 is 11.3 Å². The molecule has 3 fully saturated rings. The van der Waals surface area contributed by atoms with Gasteiger partial charge in [-0.1, -0.05) is 6.92 Å². The standard InChI is InChI=1S/C16H21N3O3S/c1-9-2-11(9)16(21)19-4-12-10(6-22-14(12)5-19)3-17-15(20)13-7-23-8-18-13/h7-12,14H,2-6H2,1H3,(H,17,20)/t9-,10-,11-,12-,14-/m1/s1. The Morgan fingerprint density at radius 3 is 3.00 bits per heavy atom. The molecule has 1 N–H and O–H groups in total. The molecule has 3 heterocycles. The maximum Gasteiger partial charge on any atom is 0.270 e. The molecule has 1 aromatic heterocycles. The highest BCUT2D eigenvalue weighted by molar-refractivity contribution is 7.07. The summed E-state index contributed by atoms with van der Waals surface area (Å²) in [4.78, 5) is 30.3. The van der Waals surface area contributed by atoms with Crippen LogP contribution in [0.15, 0.2) is 10.9 Å². The second kappa shape index (κ2) is 5.87. The smallest absolute Gasteiger partial charge is 0.270 e. The lowest BCUT2D eigenvalue weighted by Gasteiger charge is -2.20. The van der Waals surface area contributed by atoms with Gasteiger partial charge >= 0.3 is 0 Å². The summed E-state index contributed by atoms with van der Waals surface area (Å²) >= 11 is 1.41. The highest BCUT2D eigenvalue weighted by Crippen LogP contribution is 2.41. The van der Waals surface area contributed by atoms with Gasteiger partial charge < -0.3 is 15.0 Å². The number of carbonyl (C=O) groups is 2. The summed E-state index contributed by atoms with van der Waals surface area (Å²) in [5, 5.41) is 4.69. The number of carbonyl (C=O) groups excluding carboxylic acids is 2. The number of hydrogen-bond acceptors (Lipinski definition) is 5. The molecule has 0 bridgehead atoms. The molecule has 5 atom stereocenters. The minimum absolute atomic E-state index is 0.132. The normalized spacial score (nSPS) is 35.2. The number of likely N-dealkylation sites (tertiary alicyclic amines) is 1. The van der Waals surface area contributed by atoms with Crippen LogP contribution in [0, 0.1) is 23.7 Å². The first-order chi connectivity index (χ1) is 11.1. The zero-order chi connectivity index (χ0) is 16.0. The SMILES string of the molecule is C[C@@H]1C[C@H]1C(=O)N1C[C@@H]2[C@H](CNC(=O)c3cscn3)CO[C@@H]2C1. The third kappa shape index (κ3) is 2.87. The third-order valence-corrected chi connectivity index (χ3v) is 5.95. The number of nitrogens with one attached hydrogen (secondary N) is 1. The molecule has 2 saturated heterocycles. The van der Waals surface area contributed by atoms with Crippen molar-refractivity contribution in [1.82, 2.24) is 15.2 Å². The summed E-state index contributed by atoms with van der Waals surface area (Å²) < 4.78 is 5.86. The van der Waals surface area contributed by atoms with Gasteiger partial charge in [0.05, 0.1) is 18.2 Å². The van der Waals surface area contributed by atoms with E-state index in [1.54, 1.807) is 10.9 Å². The van der Waals surface area contributed by atoms with Gasteiger partial charge in [0.1, 0.15) is 5.69 Å². The average Bonchev–Trinajstić information content (AvgIpc) is 2.99. The van der Waals surface area contributed by atoms with Crippen LogP contribution in [0.1, 0.15) is 23.8 Å². The van der Waals surface area contributed by atoms with Crippen molar-refractivity contribution < 1.29 is 14.3 Å². The van der Waals surface area contributed by atoms with E-state index in [4.69, 9.17) is 4.74 Å². The minimum atomic E-state index is -0.132. The highest BCUT2D eigenvalue weighted by atomic mass is 32.1. The Balaban J connectivity index is 1.31. The van der Waals surface area contributed by atoms with E-state index < -0.39 is 0 Å². The second-order valence-corrected chi connectivity index (χ2v) is 7.66. The number of thiazole rings is 1. The molecule has 4 rings (SSSR count). The maximum absolute atomic E-state index is 12.4. The Hall–Kier alpha value is -1.47. The average molecular weight is 335 g/mol. The maximum atomic E-state index is 12.4. The van der Waals surface area contributed by atoms with Crippen molar-refractivity contribution >= 4 is 23.2 Å². The predicted octanol–water partition coefficient (Wildman–Crippen LogP) is 1.00. The lowest BCUT2D eigenvalue weighted by Crippen LogP contribution is -2.36. The van der Waals surface area contributed by atoms with Gasteiger partial charge in [-0.05, 0) is 12.3 Å². The lowest BCUT2D eigenvalue weighted by molar-refractivity contribution is -0.132. The lowest BCUT2D eigenvalue weighted by atomic mass is 9.93. The number of hydrogen-bond donors (Lipinski definition) is 1. The van der Waals surface area contributed by atoms with Crippen LogP contribution in [-0.2, 0) is 9.53 Å². The van der Waals surface area contributed by atoms with Crippen LogP contribution in [0.3, 0.4) is 0 Å². The zero-order valence-electron chi connectivity index (χ0n) is 13.1. The zero-order valence-corrected chi connectivity index (χ0v) is 13.9. The number of fused-ring (bicyclic) bond motifs is 1. The molecular formula is C16H21N3O3S. The monoisotopic (exact) mass is 335 g/mol. The van der Waals surface area contributed by atoms with Gasteiger partial charge in [-0.2, -0.15) is 0 Å². The Labute approximate surface area is 139 Å². The van der Waals surface area contributed by atoms with Crippen molar-refractivity contribution in [3.05, 3.63) is 16.6 Å². The van der Waals surface area contributed by atoms with Crippen LogP contribution in [0.4, 0.5) is 0 Å². The molecular weight excluding hydrogens is 314 g/mol. The largest absolute Gasteiger partial charge is 0.376 e. The molecule has 2 aliphatic heterocycles. The summed E-state index contributed by atoms with van der Waals surface area (Å²) in [7, 11) is 0. The van der Waals surface area contributed by atoms with E-state index in [0.717, 1.165) is 13.0 Å². The van der Waals surface area contributed by atoms with Crippen molar-refractivity contribution in [2.24, 2.45) is 23.7 Å². The van der Waals surface area contributed by atoms with Crippen LogP contribution in [0.5, 0.6) is 0 Å². The molecule has 124 valence electrons. The molecule has 1 aromatic rings. The van der Waals surface area contributed by atoms with Gasteiger partial charge in [0.2, 0.25) is 5.91 Å². The van der Waals surface area contributed by atoms with E-state index in [-0.39, 0.29) is 23.8 Å². The molecule has 1 saturated carbocycles. The highest BCUT2D eigenvalue weighted by Gasteiger charge is 2.49. The van der Waals surface area contributed by atoms with E-state index in [2.05, 4.69) is 17.2 Å². The Morgan fingerprint density at radius 1 is 1.48 bits per heavy atom. The molecule has 7 heteroatoms. The molecule has 0 aromatic carbocycles. The Bertz CT molecular complexity index is 606. The number of ether oxygens (including phenoxy) is 1. The molecule has 0 unspecified atom stereocenters. The molecule has 3 aliphatic rings. The summed E-state index contributed by atoms with van der Waals surface area (Å²) in [5.41, 5.74) is 2.12. The topological polar surface area (TPSA) is 71.5 Å². The van der Waals surface area contributed by atoms with Gasteiger partial charge in [-0.15, -0.1) is 11.3 Å². The van der Waals surface area contributed by atoms with Crippen molar-refractivity contribution in [2.75, 3.05) is 26.2 Å². The molecule has 23 heavy (non-hydrogen) atoms. The molecule has 1 aliphatic carbocycles. The van der Waals surface area contributed by atoms with Gasteiger partial charge in [0.25, 0.3) is 5.91 Å². The van der Waals surface area contributed by atoms with Crippen LogP contribution < -0.4 is 5.32 Å². The molecule has 0 radical (unpaired) electrons. The van der Waals surface area contributed by atoms with E-state index >= 15 is 0 Å².